The molecule has 0 unspecified atom stereocenters. The first-order valence-corrected chi connectivity index (χ1v) is 9.78. The fourth-order valence-electron chi connectivity index (χ4n) is 3.23. The molecule has 0 radical (unpaired) electrons. The molecule has 7 heteroatoms. The number of benzene rings is 2. The van der Waals surface area contributed by atoms with Gasteiger partial charge in [0.25, 0.3) is 0 Å². The van der Waals surface area contributed by atoms with Gasteiger partial charge < -0.3 is 10.0 Å². The molecular weight excluding hydrogens is 376 g/mol. The third-order valence-electron chi connectivity index (χ3n) is 4.74. The number of rotatable bonds is 7. The molecule has 0 fully saturated rings. The molecule has 0 aliphatic rings. The Morgan fingerprint density at radius 1 is 1.10 bits per heavy atom. The van der Waals surface area contributed by atoms with Gasteiger partial charge in [-0.25, -0.2) is 4.98 Å². The van der Waals surface area contributed by atoms with Crippen molar-refractivity contribution in [2.45, 2.75) is 6.92 Å². The van der Waals surface area contributed by atoms with Crippen LogP contribution in [0.3, 0.4) is 0 Å². The molecule has 7 nitrogen and oxygen atoms in total. The van der Waals surface area contributed by atoms with E-state index >= 15 is 0 Å². The van der Waals surface area contributed by atoms with E-state index in [0.29, 0.717) is 18.0 Å². The molecule has 4 aromatic rings. The number of hydrazone groups is 1. The summed E-state index contributed by atoms with van der Waals surface area (Å²) in [5.74, 6) is 1.41. The first-order valence-electron chi connectivity index (χ1n) is 9.78. The first-order chi connectivity index (χ1) is 14.6. The summed E-state index contributed by atoms with van der Waals surface area (Å²) >= 11 is 0. The quantitative estimate of drug-likeness (QED) is 0.366. The van der Waals surface area contributed by atoms with Gasteiger partial charge in [0, 0.05) is 31.3 Å². The Hall–Kier alpha value is -3.71. The number of aryl methyl sites for hydroxylation is 1. The van der Waals surface area contributed by atoms with Crippen molar-refractivity contribution >= 4 is 23.5 Å². The van der Waals surface area contributed by atoms with E-state index in [2.05, 4.69) is 21.6 Å². The van der Waals surface area contributed by atoms with Crippen LogP contribution in [0.15, 0.2) is 71.8 Å². The van der Waals surface area contributed by atoms with E-state index < -0.39 is 0 Å². The Balaban J connectivity index is 1.69. The topological polar surface area (TPSA) is 78.0 Å². The van der Waals surface area contributed by atoms with Crippen molar-refractivity contribution in [2.24, 2.45) is 5.10 Å². The van der Waals surface area contributed by atoms with Gasteiger partial charge in [0.1, 0.15) is 5.82 Å². The number of aromatic nitrogens is 3. The lowest BCUT2D eigenvalue weighted by molar-refractivity contribution is 0.303. The maximum Gasteiger partial charge on any atom is 0.160 e. The van der Waals surface area contributed by atoms with Crippen LogP contribution in [0.5, 0.6) is 0 Å². The van der Waals surface area contributed by atoms with Gasteiger partial charge in [-0.2, -0.15) is 14.7 Å². The third kappa shape index (κ3) is 4.31. The fraction of sp³-hybridized carbons (Fsp3) is 0.174. The second kappa shape index (κ2) is 8.75. The highest BCUT2D eigenvalue weighted by molar-refractivity contribution is 5.80. The Bertz CT molecular complexity index is 1170. The van der Waals surface area contributed by atoms with E-state index in [9.17, 15) is 5.11 Å². The predicted molar refractivity (Wildman–Crippen MR) is 121 cm³/mol. The van der Waals surface area contributed by atoms with E-state index in [1.54, 1.807) is 10.7 Å². The zero-order valence-corrected chi connectivity index (χ0v) is 17.0. The summed E-state index contributed by atoms with van der Waals surface area (Å²) in [7, 11) is 1.91. The highest BCUT2D eigenvalue weighted by atomic mass is 16.3. The number of hydrogen-bond donors (Lipinski definition) is 2. The van der Waals surface area contributed by atoms with Crippen molar-refractivity contribution in [1.82, 2.24) is 14.6 Å². The summed E-state index contributed by atoms with van der Waals surface area (Å²) in [6, 6.07) is 21.9. The minimum Gasteiger partial charge on any atom is -0.395 e. The Kier molecular flexibility index (Phi) is 5.72. The summed E-state index contributed by atoms with van der Waals surface area (Å²) < 4.78 is 1.79. The lowest BCUT2D eigenvalue weighted by atomic mass is 10.2. The lowest BCUT2D eigenvalue weighted by Crippen LogP contribution is -2.24. The van der Waals surface area contributed by atoms with Gasteiger partial charge >= 0.3 is 0 Å². The minimum absolute atomic E-state index is 0.0431. The molecule has 152 valence electrons. The predicted octanol–water partition coefficient (Wildman–Crippen LogP) is 3.58. The van der Waals surface area contributed by atoms with Crippen LogP contribution in [0.4, 0.5) is 11.6 Å². The molecule has 0 atom stereocenters. The molecule has 0 saturated carbocycles. The average molecular weight is 400 g/mol. The largest absolute Gasteiger partial charge is 0.395 e. The van der Waals surface area contributed by atoms with Crippen LogP contribution >= 0.6 is 0 Å². The Morgan fingerprint density at radius 3 is 2.70 bits per heavy atom. The Morgan fingerprint density at radius 2 is 1.93 bits per heavy atom. The molecular formula is C23H24N6O. The standard InChI is InChI=1S/C23H24N6O/c1-17-7-6-8-18(13-17)16-24-26-21-15-23(28(2)11-12-30)29-22(25-21)14-20(27-29)19-9-4-3-5-10-19/h3-10,13-16,30H,11-12H2,1-2H3,(H,25,26). The minimum atomic E-state index is 0.0431. The summed E-state index contributed by atoms with van der Waals surface area (Å²) in [5, 5.41) is 18.5. The summed E-state index contributed by atoms with van der Waals surface area (Å²) in [4.78, 5) is 6.60. The average Bonchev–Trinajstić information content (AvgIpc) is 3.18. The maximum atomic E-state index is 9.39. The van der Waals surface area contributed by atoms with Crippen molar-refractivity contribution in [1.29, 1.82) is 0 Å². The Labute approximate surface area is 175 Å². The van der Waals surface area contributed by atoms with Crippen molar-refractivity contribution < 1.29 is 5.11 Å². The molecule has 2 aromatic heterocycles. The monoisotopic (exact) mass is 400 g/mol. The van der Waals surface area contributed by atoms with Gasteiger partial charge in [-0.3, -0.25) is 5.43 Å². The molecule has 30 heavy (non-hydrogen) atoms. The van der Waals surface area contributed by atoms with Gasteiger partial charge in [0.2, 0.25) is 0 Å². The van der Waals surface area contributed by atoms with Crippen LogP contribution in [0.1, 0.15) is 11.1 Å². The van der Waals surface area contributed by atoms with Gasteiger partial charge in [-0.1, -0.05) is 60.2 Å². The molecule has 0 amide bonds. The van der Waals surface area contributed by atoms with Crippen LogP contribution in [0.25, 0.3) is 16.9 Å². The highest BCUT2D eigenvalue weighted by Crippen LogP contribution is 2.24. The van der Waals surface area contributed by atoms with E-state index in [4.69, 9.17) is 5.10 Å². The second-order valence-corrected chi connectivity index (χ2v) is 7.09. The first kappa shape index (κ1) is 19.6. The SMILES string of the molecule is Cc1cccc(C=NNc2cc(N(C)CCO)n3nc(-c4ccccc4)cc3n2)c1. The molecule has 4 rings (SSSR count). The van der Waals surface area contributed by atoms with Crippen LogP contribution in [0.2, 0.25) is 0 Å². The van der Waals surface area contributed by atoms with Gasteiger partial charge in [-0.15, -0.1) is 0 Å². The van der Waals surface area contributed by atoms with Crippen molar-refractivity contribution in [2.75, 3.05) is 30.5 Å². The molecule has 2 heterocycles. The molecule has 0 aliphatic carbocycles. The number of anilines is 2. The maximum absolute atomic E-state index is 9.39. The lowest BCUT2D eigenvalue weighted by Gasteiger charge is -2.19. The molecule has 2 aromatic carbocycles. The summed E-state index contributed by atoms with van der Waals surface area (Å²) in [6.45, 7) is 2.57. The summed E-state index contributed by atoms with van der Waals surface area (Å²) in [6.07, 6.45) is 1.77. The van der Waals surface area contributed by atoms with Crippen molar-refractivity contribution in [3.05, 3.63) is 77.9 Å². The molecule has 2 N–H and O–H groups in total. The van der Waals surface area contributed by atoms with Gasteiger partial charge in [0.15, 0.2) is 11.5 Å². The van der Waals surface area contributed by atoms with Crippen molar-refractivity contribution in [3.63, 3.8) is 0 Å². The molecule has 0 aliphatic heterocycles. The molecule has 0 saturated heterocycles. The number of likely N-dealkylation sites (N-methyl/N-ethyl adjacent to an activating group) is 1. The summed E-state index contributed by atoms with van der Waals surface area (Å²) in [5.41, 5.74) is 7.76. The zero-order valence-electron chi connectivity index (χ0n) is 17.0. The second-order valence-electron chi connectivity index (χ2n) is 7.09. The number of nitrogens with one attached hydrogen (secondary N) is 1. The van der Waals surface area contributed by atoms with E-state index in [1.807, 2.05) is 79.5 Å². The van der Waals surface area contributed by atoms with E-state index in [1.165, 1.54) is 5.56 Å². The molecule has 0 bridgehead atoms. The van der Waals surface area contributed by atoms with Crippen LogP contribution in [-0.2, 0) is 0 Å². The van der Waals surface area contributed by atoms with Gasteiger partial charge in [0.05, 0.1) is 18.5 Å². The fourth-order valence-corrected chi connectivity index (χ4v) is 3.23. The zero-order chi connectivity index (χ0) is 20.9. The van der Waals surface area contributed by atoms with E-state index in [-0.39, 0.29) is 6.61 Å². The number of hydrogen-bond acceptors (Lipinski definition) is 6. The van der Waals surface area contributed by atoms with Crippen LogP contribution in [-0.4, -0.2) is 46.1 Å². The van der Waals surface area contributed by atoms with Crippen LogP contribution in [0, 0.1) is 6.92 Å². The van der Waals surface area contributed by atoms with Crippen LogP contribution < -0.4 is 10.3 Å². The molecule has 0 spiro atoms. The number of aliphatic hydroxyl groups excluding tert-OH is 1. The van der Waals surface area contributed by atoms with Gasteiger partial charge in [-0.05, 0) is 12.5 Å². The van der Waals surface area contributed by atoms with E-state index in [0.717, 1.165) is 22.6 Å². The number of aliphatic hydroxyl groups is 1. The third-order valence-corrected chi connectivity index (χ3v) is 4.74. The smallest absolute Gasteiger partial charge is 0.160 e. The number of nitrogens with zero attached hydrogens (tertiary/aromatic N) is 5. The normalized spacial score (nSPS) is 11.3. The number of fused-ring (bicyclic) bond motifs is 1. The van der Waals surface area contributed by atoms with Crippen molar-refractivity contribution in [3.8, 4) is 11.3 Å². The highest BCUT2D eigenvalue weighted by Gasteiger charge is 2.13.